The van der Waals surface area contributed by atoms with Crippen molar-refractivity contribution in [3.63, 3.8) is 0 Å². The number of carbonyl (C=O) groups is 1. The SMILES string of the molecule is CCS(=O)c1ccccc1C(=O)OCc1csc(-c2cccc(OC)c2OC)n1. The minimum Gasteiger partial charge on any atom is -0.493 e. The van der Waals surface area contributed by atoms with Gasteiger partial charge >= 0.3 is 5.97 Å². The predicted octanol–water partition coefficient (Wildman–Crippen LogP) is 4.31. The molecule has 0 amide bonds. The molecule has 0 spiro atoms. The average molecular weight is 432 g/mol. The molecule has 0 bridgehead atoms. The lowest BCUT2D eigenvalue weighted by Crippen LogP contribution is -2.10. The van der Waals surface area contributed by atoms with Crippen molar-refractivity contribution in [1.29, 1.82) is 0 Å². The van der Waals surface area contributed by atoms with Crippen molar-refractivity contribution in [3.05, 3.63) is 59.1 Å². The van der Waals surface area contributed by atoms with Crippen molar-refractivity contribution >= 4 is 28.1 Å². The number of hydrogen-bond acceptors (Lipinski definition) is 7. The van der Waals surface area contributed by atoms with Crippen molar-refractivity contribution < 1.29 is 23.2 Å². The molecule has 0 aliphatic carbocycles. The van der Waals surface area contributed by atoms with E-state index >= 15 is 0 Å². The molecule has 0 saturated heterocycles. The van der Waals surface area contributed by atoms with E-state index in [1.165, 1.54) is 11.3 Å². The standard InChI is InChI=1S/C21H21NO5S2/c1-4-29(24)18-11-6-5-8-15(18)21(23)27-12-14-13-28-20(22-14)16-9-7-10-17(25-2)19(16)26-3/h5-11,13H,4,12H2,1-3H3. The molecule has 0 aliphatic rings. The Hall–Kier alpha value is -2.71. The van der Waals surface area contributed by atoms with E-state index in [-0.39, 0.29) is 6.61 Å². The number of rotatable bonds is 8. The highest BCUT2D eigenvalue weighted by molar-refractivity contribution is 7.85. The number of nitrogens with zero attached hydrogens (tertiary/aromatic N) is 1. The summed E-state index contributed by atoms with van der Waals surface area (Å²) >= 11 is 1.42. The zero-order chi connectivity index (χ0) is 20.8. The van der Waals surface area contributed by atoms with Crippen molar-refractivity contribution in [2.24, 2.45) is 0 Å². The molecule has 0 N–H and O–H groups in total. The highest BCUT2D eigenvalue weighted by atomic mass is 32.2. The summed E-state index contributed by atoms with van der Waals surface area (Å²) < 4.78 is 28.4. The number of ether oxygens (including phenoxy) is 3. The van der Waals surface area contributed by atoms with E-state index in [4.69, 9.17) is 14.2 Å². The van der Waals surface area contributed by atoms with Crippen LogP contribution in [0, 0.1) is 0 Å². The molecule has 152 valence electrons. The van der Waals surface area contributed by atoms with Gasteiger partial charge in [0.15, 0.2) is 11.5 Å². The molecule has 0 fully saturated rings. The van der Waals surface area contributed by atoms with Crippen LogP contribution in [0.2, 0.25) is 0 Å². The molecule has 1 atom stereocenters. The first-order valence-electron chi connectivity index (χ1n) is 8.89. The van der Waals surface area contributed by atoms with Gasteiger partial charge in [-0.2, -0.15) is 0 Å². The number of methoxy groups -OCH3 is 2. The van der Waals surface area contributed by atoms with Crippen LogP contribution >= 0.6 is 11.3 Å². The molecule has 6 nitrogen and oxygen atoms in total. The van der Waals surface area contributed by atoms with E-state index < -0.39 is 16.8 Å². The Morgan fingerprint density at radius 1 is 1.10 bits per heavy atom. The van der Waals surface area contributed by atoms with Crippen molar-refractivity contribution in [2.75, 3.05) is 20.0 Å². The maximum Gasteiger partial charge on any atom is 0.339 e. The molecule has 0 saturated carbocycles. The highest BCUT2D eigenvalue weighted by Gasteiger charge is 2.18. The van der Waals surface area contributed by atoms with Gasteiger partial charge in [-0.1, -0.05) is 25.1 Å². The number of hydrogen-bond donors (Lipinski definition) is 0. The average Bonchev–Trinajstić information content (AvgIpc) is 3.25. The van der Waals surface area contributed by atoms with Crippen LogP contribution in [0.3, 0.4) is 0 Å². The van der Waals surface area contributed by atoms with Gasteiger partial charge in [-0.3, -0.25) is 4.21 Å². The van der Waals surface area contributed by atoms with Crippen LogP contribution in [0.25, 0.3) is 10.6 Å². The molecule has 1 heterocycles. The number of thiazole rings is 1. The third-order valence-corrected chi connectivity index (χ3v) is 6.45. The fraction of sp³-hybridized carbons (Fsp3) is 0.238. The van der Waals surface area contributed by atoms with E-state index in [0.29, 0.717) is 33.4 Å². The van der Waals surface area contributed by atoms with Gasteiger partial charge in [0.05, 0.1) is 46.7 Å². The van der Waals surface area contributed by atoms with Crippen LogP contribution in [0.5, 0.6) is 11.5 Å². The van der Waals surface area contributed by atoms with Crippen LogP contribution in [0.1, 0.15) is 23.0 Å². The number of para-hydroxylation sites is 1. The summed E-state index contributed by atoms with van der Waals surface area (Å²) in [5.74, 6) is 1.13. The topological polar surface area (TPSA) is 74.7 Å². The fourth-order valence-corrected chi connectivity index (χ4v) is 4.52. The lowest BCUT2D eigenvalue weighted by atomic mass is 10.2. The molecule has 1 unspecified atom stereocenters. The largest absolute Gasteiger partial charge is 0.493 e. The van der Waals surface area contributed by atoms with Crippen molar-refractivity contribution in [1.82, 2.24) is 4.98 Å². The van der Waals surface area contributed by atoms with Crippen LogP contribution in [0.15, 0.2) is 52.7 Å². The van der Waals surface area contributed by atoms with Crippen LogP contribution in [0.4, 0.5) is 0 Å². The molecule has 0 aliphatic heterocycles. The Morgan fingerprint density at radius 3 is 2.62 bits per heavy atom. The summed E-state index contributed by atoms with van der Waals surface area (Å²) in [7, 11) is 1.92. The molecular weight excluding hydrogens is 410 g/mol. The Balaban J connectivity index is 1.76. The summed E-state index contributed by atoms with van der Waals surface area (Å²) in [6.45, 7) is 1.83. The van der Waals surface area contributed by atoms with E-state index in [1.54, 1.807) is 38.5 Å². The second-order valence-corrected chi connectivity index (χ2v) is 8.46. The monoisotopic (exact) mass is 431 g/mol. The predicted molar refractivity (Wildman–Crippen MR) is 113 cm³/mol. The number of carbonyl (C=O) groups excluding carboxylic acids is 1. The smallest absolute Gasteiger partial charge is 0.339 e. The maximum atomic E-state index is 12.5. The maximum absolute atomic E-state index is 12.5. The summed E-state index contributed by atoms with van der Waals surface area (Å²) in [6.07, 6.45) is 0. The molecule has 2 aromatic carbocycles. The zero-order valence-electron chi connectivity index (χ0n) is 16.3. The first kappa shape index (κ1) is 21.0. The second-order valence-electron chi connectivity index (χ2n) is 5.89. The third-order valence-electron chi connectivity index (χ3n) is 4.15. The van der Waals surface area contributed by atoms with Gasteiger partial charge < -0.3 is 14.2 Å². The van der Waals surface area contributed by atoms with Gasteiger partial charge in [-0.25, -0.2) is 9.78 Å². The van der Waals surface area contributed by atoms with Gasteiger partial charge in [0.1, 0.15) is 11.6 Å². The Labute approximate surface area is 175 Å². The number of aromatic nitrogens is 1. The first-order valence-corrected chi connectivity index (χ1v) is 11.1. The first-order chi connectivity index (χ1) is 14.1. The van der Waals surface area contributed by atoms with Crippen LogP contribution < -0.4 is 9.47 Å². The summed E-state index contributed by atoms with van der Waals surface area (Å²) in [6, 6.07) is 12.4. The van der Waals surface area contributed by atoms with Gasteiger partial charge in [-0.05, 0) is 24.3 Å². The normalized spacial score (nSPS) is 11.7. The van der Waals surface area contributed by atoms with Crippen LogP contribution in [-0.2, 0) is 22.1 Å². The van der Waals surface area contributed by atoms with E-state index in [1.807, 2.05) is 30.5 Å². The number of benzene rings is 2. The van der Waals surface area contributed by atoms with Gasteiger partial charge in [0.25, 0.3) is 0 Å². The van der Waals surface area contributed by atoms with Crippen molar-refractivity contribution in [2.45, 2.75) is 18.4 Å². The Kier molecular flexibility index (Phi) is 7.00. The Bertz CT molecular complexity index is 1030. The number of esters is 1. The molecule has 8 heteroatoms. The molecule has 29 heavy (non-hydrogen) atoms. The van der Waals surface area contributed by atoms with Gasteiger partial charge in [-0.15, -0.1) is 11.3 Å². The molecule has 1 aromatic heterocycles. The van der Waals surface area contributed by atoms with Crippen molar-refractivity contribution in [3.8, 4) is 22.1 Å². The minimum absolute atomic E-state index is 0.0225. The highest BCUT2D eigenvalue weighted by Crippen LogP contribution is 2.39. The van der Waals surface area contributed by atoms with Gasteiger partial charge in [0.2, 0.25) is 0 Å². The second kappa shape index (κ2) is 9.67. The minimum atomic E-state index is -1.24. The lowest BCUT2D eigenvalue weighted by Gasteiger charge is -2.10. The van der Waals surface area contributed by atoms with E-state index in [2.05, 4.69) is 4.98 Å². The quantitative estimate of drug-likeness (QED) is 0.495. The van der Waals surface area contributed by atoms with E-state index in [0.717, 1.165) is 10.6 Å². The molecule has 0 radical (unpaired) electrons. The Morgan fingerprint density at radius 2 is 1.90 bits per heavy atom. The van der Waals surface area contributed by atoms with Crippen LogP contribution in [-0.4, -0.2) is 35.1 Å². The summed E-state index contributed by atoms with van der Waals surface area (Å²) in [4.78, 5) is 17.5. The summed E-state index contributed by atoms with van der Waals surface area (Å²) in [5.41, 5.74) is 1.74. The summed E-state index contributed by atoms with van der Waals surface area (Å²) in [5, 5.41) is 2.57. The third kappa shape index (κ3) is 4.65. The zero-order valence-corrected chi connectivity index (χ0v) is 18.0. The molecule has 3 rings (SSSR count). The lowest BCUT2D eigenvalue weighted by molar-refractivity contribution is 0.0464. The molecular formula is C21H21NO5S2. The fourth-order valence-electron chi connectivity index (χ4n) is 2.76. The molecule has 3 aromatic rings. The van der Waals surface area contributed by atoms with E-state index in [9.17, 15) is 9.00 Å². The van der Waals surface area contributed by atoms with Gasteiger partial charge in [0, 0.05) is 11.1 Å².